The largest absolute Gasteiger partial charge is 0.494 e. The maximum atomic E-state index is 5.99. The van der Waals surface area contributed by atoms with Gasteiger partial charge in [0.2, 0.25) is 0 Å². The molecular weight excluding hydrogens is 318 g/mol. The van der Waals surface area contributed by atoms with Crippen molar-refractivity contribution in [1.82, 2.24) is 4.90 Å². The Morgan fingerprint density at radius 1 is 0.833 bits per heavy atom. The van der Waals surface area contributed by atoms with Gasteiger partial charge in [-0.05, 0) is 42.6 Å². The fourth-order valence-corrected chi connectivity index (χ4v) is 2.94. The molecule has 0 spiro atoms. The fourth-order valence-electron chi connectivity index (χ4n) is 2.94. The van der Waals surface area contributed by atoms with E-state index in [0.717, 1.165) is 12.2 Å². The topological polar surface area (TPSA) is 12.5 Å². The van der Waals surface area contributed by atoms with Crippen LogP contribution in [0.1, 0.15) is 18.0 Å². The van der Waals surface area contributed by atoms with Gasteiger partial charge in [-0.2, -0.15) is 0 Å². The molecule has 0 unspecified atom stereocenters. The molecule has 0 aromatic heterocycles. The summed E-state index contributed by atoms with van der Waals surface area (Å²) >= 11 is 0. The van der Waals surface area contributed by atoms with Crippen LogP contribution in [0.4, 0.5) is 0 Å². The Labute approximate surface area is 150 Å². The zero-order chi connectivity index (χ0) is 16.1. The van der Waals surface area contributed by atoms with Gasteiger partial charge in [-0.3, -0.25) is 0 Å². The summed E-state index contributed by atoms with van der Waals surface area (Å²) in [6, 6.07) is 25.6. The van der Waals surface area contributed by atoms with Crippen molar-refractivity contribution in [2.45, 2.75) is 12.5 Å². The van der Waals surface area contributed by atoms with E-state index in [2.05, 4.69) is 91.8 Å². The summed E-state index contributed by atoms with van der Waals surface area (Å²) in [5.74, 6) is 0.939. The van der Waals surface area contributed by atoms with Crippen molar-refractivity contribution in [3.05, 3.63) is 78.4 Å². The molecule has 0 radical (unpaired) electrons. The van der Waals surface area contributed by atoms with Gasteiger partial charge >= 0.3 is 0 Å². The predicted octanol–water partition coefficient (Wildman–Crippen LogP) is 5.33. The molecule has 0 bridgehead atoms. The summed E-state index contributed by atoms with van der Waals surface area (Å²) < 4.78 is 5.99. The van der Waals surface area contributed by atoms with Crippen LogP contribution in [-0.4, -0.2) is 25.6 Å². The third kappa shape index (κ3) is 4.50. The van der Waals surface area contributed by atoms with Gasteiger partial charge in [0.1, 0.15) is 5.75 Å². The Balaban J connectivity index is 0.00000208. The van der Waals surface area contributed by atoms with Gasteiger partial charge in [-0.25, -0.2) is 0 Å². The molecule has 3 heteroatoms. The Bertz CT molecular complexity index is 758. The van der Waals surface area contributed by atoms with Crippen LogP contribution >= 0.6 is 12.4 Å². The number of rotatable bonds is 6. The third-order valence-corrected chi connectivity index (χ3v) is 4.19. The average molecular weight is 342 g/mol. The zero-order valence-electron chi connectivity index (χ0n) is 14.2. The third-order valence-electron chi connectivity index (χ3n) is 4.19. The summed E-state index contributed by atoms with van der Waals surface area (Å²) in [5, 5.41) is 2.47. The molecule has 24 heavy (non-hydrogen) atoms. The van der Waals surface area contributed by atoms with Crippen LogP contribution in [0.15, 0.2) is 72.8 Å². The van der Waals surface area contributed by atoms with E-state index >= 15 is 0 Å². The quantitative estimate of drug-likeness (QED) is 0.600. The van der Waals surface area contributed by atoms with Crippen LogP contribution < -0.4 is 4.74 Å². The van der Waals surface area contributed by atoms with E-state index in [0.29, 0.717) is 12.6 Å². The second kappa shape index (κ2) is 8.72. The lowest BCUT2D eigenvalue weighted by Crippen LogP contribution is -2.22. The lowest BCUT2D eigenvalue weighted by molar-refractivity contribution is 0.224. The van der Waals surface area contributed by atoms with Crippen LogP contribution in [0.5, 0.6) is 5.75 Å². The molecule has 0 aliphatic rings. The van der Waals surface area contributed by atoms with Crippen molar-refractivity contribution < 1.29 is 4.74 Å². The molecule has 0 N–H and O–H groups in total. The molecule has 0 amide bonds. The number of nitrogens with zero attached hydrogens (tertiary/aromatic N) is 1. The minimum absolute atomic E-state index is 0. The monoisotopic (exact) mass is 341 g/mol. The van der Waals surface area contributed by atoms with Crippen molar-refractivity contribution in [3.8, 4) is 5.75 Å². The van der Waals surface area contributed by atoms with Crippen molar-refractivity contribution >= 4 is 23.2 Å². The molecule has 0 saturated carbocycles. The number of fused-ring (bicyclic) bond motifs is 1. The van der Waals surface area contributed by atoms with Gasteiger partial charge in [0.15, 0.2) is 0 Å². The lowest BCUT2D eigenvalue weighted by Gasteiger charge is -2.24. The molecule has 3 aromatic rings. The second-order valence-electron chi connectivity index (χ2n) is 6.04. The molecule has 1 atom stereocenters. The minimum atomic E-state index is 0. The van der Waals surface area contributed by atoms with Crippen molar-refractivity contribution in [3.63, 3.8) is 0 Å². The van der Waals surface area contributed by atoms with Crippen molar-refractivity contribution in [2.24, 2.45) is 0 Å². The molecule has 0 fully saturated rings. The first-order valence-electron chi connectivity index (χ1n) is 8.07. The van der Waals surface area contributed by atoms with Crippen molar-refractivity contribution in [2.75, 3.05) is 20.7 Å². The highest BCUT2D eigenvalue weighted by Crippen LogP contribution is 2.24. The Hall–Kier alpha value is -2.03. The molecule has 0 heterocycles. The van der Waals surface area contributed by atoms with Gasteiger partial charge in [0, 0.05) is 12.5 Å². The highest BCUT2D eigenvalue weighted by molar-refractivity contribution is 5.85. The van der Waals surface area contributed by atoms with Crippen LogP contribution in [0.25, 0.3) is 10.8 Å². The second-order valence-corrected chi connectivity index (χ2v) is 6.04. The maximum Gasteiger partial charge on any atom is 0.119 e. The van der Waals surface area contributed by atoms with Gasteiger partial charge in [0.05, 0.1) is 6.61 Å². The molecular formula is C21H24ClNO. The molecule has 126 valence electrons. The van der Waals surface area contributed by atoms with Crippen LogP contribution in [0.2, 0.25) is 0 Å². The van der Waals surface area contributed by atoms with Crippen molar-refractivity contribution in [1.29, 1.82) is 0 Å². The summed E-state index contributed by atoms with van der Waals surface area (Å²) in [6.45, 7) is 0.704. The van der Waals surface area contributed by atoms with Gasteiger partial charge < -0.3 is 9.64 Å². The SMILES string of the molecule is CN(C)[C@H](CCOc1ccc2ccccc2c1)c1ccccc1.Cl. The van der Waals surface area contributed by atoms with Gasteiger partial charge in [-0.15, -0.1) is 12.4 Å². The average Bonchev–Trinajstić information content (AvgIpc) is 2.59. The first-order chi connectivity index (χ1) is 11.2. The number of benzene rings is 3. The van der Waals surface area contributed by atoms with E-state index in [1.54, 1.807) is 0 Å². The summed E-state index contributed by atoms with van der Waals surface area (Å²) in [6.07, 6.45) is 0.962. The number of hydrogen-bond acceptors (Lipinski definition) is 2. The minimum Gasteiger partial charge on any atom is -0.494 e. The Morgan fingerprint density at radius 2 is 1.50 bits per heavy atom. The lowest BCUT2D eigenvalue weighted by atomic mass is 10.0. The predicted molar refractivity (Wildman–Crippen MR) is 104 cm³/mol. The van der Waals surface area contributed by atoms with E-state index in [4.69, 9.17) is 4.74 Å². The number of hydrogen-bond donors (Lipinski definition) is 0. The number of ether oxygens (including phenoxy) is 1. The standard InChI is InChI=1S/C21H23NO.ClH/c1-22(2)21(18-9-4-3-5-10-18)14-15-23-20-13-12-17-8-6-7-11-19(17)16-20;/h3-13,16,21H,14-15H2,1-2H3;1H/t21-;/m1./s1. The highest BCUT2D eigenvalue weighted by Gasteiger charge is 2.13. The molecule has 0 aliphatic carbocycles. The van der Waals surface area contributed by atoms with Gasteiger partial charge in [-0.1, -0.05) is 60.7 Å². The molecule has 0 saturated heterocycles. The summed E-state index contributed by atoms with van der Waals surface area (Å²) in [7, 11) is 4.24. The fraction of sp³-hybridized carbons (Fsp3) is 0.238. The highest BCUT2D eigenvalue weighted by atomic mass is 35.5. The van der Waals surface area contributed by atoms with E-state index in [1.807, 2.05) is 0 Å². The molecule has 3 rings (SSSR count). The van der Waals surface area contributed by atoms with Crippen LogP contribution in [0, 0.1) is 0 Å². The first kappa shape index (κ1) is 18.3. The van der Waals surface area contributed by atoms with E-state index < -0.39 is 0 Å². The van der Waals surface area contributed by atoms with Gasteiger partial charge in [0.25, 0.3) is 0 Å². The van der Waals surface area contributed by atoms with E-state index in [-0.39, 0.29) is 12.4 Å². The molecule has 2 nitrogen and oxygen atoms in total. The Kier molecular flexibility index (Phi) is 6.65. The van der Waals surface area contributed by atoms with Crippen LogP contribution in [0.3, 0.4) is 0 Å². The smallest absolute Gasteiger partial charge is 0.119 e. The summed E-state index contributed by atoms with van der Waals surface area (Å²) in [4.78, 5) is 2.25. The number of halogens is 1. The zero-order valence-corrected chi connectivity index (χ0v) is 15.0. The van der Waals surface area contributed by atoms with E-state index in [9.17, 15) is 0 Å². The van der Waals surface area contributed by atoms with E-state index in [1.165, 1.54) is 16.3 Å². The van der Waals surface area contributed by atoms with Crippen LogP contribution in [-0.2, 0) is 0 Å². The molecule has 3 aromatic carbocycles. The normalized spacial score (nSPS) is 12.0. The maximum absolute atomic E-state index is 5.99. The Morgan fingerprint density at radius 3 is 2.21 bits per heavy atom. The summed E-state index contributed by atoms with van der Waals surface area (Å²) in [5.41, 5.74) is 1.33. The first-order valence-corrected chi connectivity index (χ1v) is 8.07. The molecule has 0 aliphatic heterocycles.